The molecule has 0 radical (unpaired) electrons. The van der Waals surface area contributed by atoms with E-state index in [1.165, 1.54) is 24.0 Å². The first-order valence-electron chi connectivity index (χ1n) is 8.13. The Morgan fingerprint density at radius 1 is 1.44 bits per heavy atom. The van der Waals surface area contributed by atoms with E-state index in [2.05, 4.69) is 20.9 Å². The minimum atomic E-state index is -1.74. The fourth-order valence-electron chi connectivity index (χ4n) is 2.78. The Balaban J connectivity index is 1.66. The number of hydrogen-bond donors (Lipinski definition) is 5. The molecule has 0 saturated carbocycles. The third kappa shape index (κ3) is 4.08. The predicted molar refractivity (Wildman–Crippen MR) is 91.3 cm³/mol. The monoisotopic (exact) mass is 375 g/mol. The summed E-state index contributed by atoms with van der Waals surface area (Å²) in [5.74, 6) is -1.43. The number of carbonyl (C=O) groups excluding carboxylic acids is 2. The van der Waals surface area contributed by atoms with Crippen molar-refractivity contribution in [3.8, 4) is 5.75 Å². The topological polar surface area (TPSA) is 159 Å². The van der Waals surface area contributed by atoms with Crippen LogP contribution in [-0.4, -0.2) is 62.2 Å². The summed E-state index contributed by atoms with van der Waals surface area (Å²) < 4.78 is 6.57. The molecule has 142 valence electrons. The van der Waals surface area contributed by atoms with Gasteiger partial charge in [-0.05, 0) is 12.0 Å². The molecule has 1 atom stereocenters. The first kappa shape index (κ1) is 18.8. The number of amides is 2. The van der Waals surface area contributed by atoms with Crippen molar-refractivity contribution in [2.75, 3.05) is 7.05 Å². The molecule has 1 aromatic heterocycles. The summed E-state index contributed by atoms with van der Waals surface area (Å²) in [6.07, 6.45) is -0.166. The van der Waals surface area contributed by atoms with Crippen LogP contribution in [0.25, 0.3) is 0 Å². The number of fused-ring (bicyclic) bond motifs is 1. The zero-order valence-corrected chi connectivity index (χ0v) is 14.4. The Labute approximate surface area is 154 Å². The number of hydrogen-bond acceptors (Lipinski definition) is 8. The summed E-state index contributed by atoms with van der Waals surface area (Å²) in [5, 5.41) is 41.3. The van der Waals surface area contributed by atoms with Gasteiger partial charge in [0.2, 0.25) is 5.91 Å². The molecule has 1 aliphatic rings. The number of aliphatic hydroxyl groups is 2. The van der Waals surface area contributed by atoms with Crippen LogP contribution in [0.1, 0.15) is 27.9 Å². The van der Waals surface area contributed by atoms with E-state index in [4.69, 9.17) is 4.65 Å². The number of para-hydroxylation sites is 1. The average molecular weight is 375 g/mol. The molecule has 3 rings (SSSR count). The van der Waals surface area contributed by atoms with Crippen LogP contribution in [0.5, 0.6) is 5.75 Å². The summed E-state index contributed by atoms with van der Waals surface area (Å²) in [6, 6.07) is 4.81. The van der Waals surface area contributed by atoms with Crippen LogP contribution in [-0.2, 0) is 17.8 Å². The van der Waals surface area contributed by atoms with Crippen molar-refractivity contribution in [2.24, 2.45) is 0 Å². The second-order valence-electron chi connectivity index (χ2n) is 5.98. The highest BCUT2D eigenvalue weighted by Crippen LogP contribution is 2.32. The highest BCUT2D eigenvalue weighted by molar-refractivity contribution is 6.46. The molecule has 12 heteroatoms. The van der Waals surface area contributed by atoms with Gasteiger partial charge in [0.15, 0.2) is 12.0 Å². The second kappa shape index (κ2) is 7.74. The van der Waals surface area contributed by atoms with Gasteiger partial charge < -0.3 is 30.5 Å². The highest BCUT2D eigenvalue weighted by atomic mass is 16.5. The van der Waals surface area contributed by atoms with E-state index in [0.29, 0.717) is 5.56 Å². The molecular formula is C15H18BN5O6. The van der Waals surface area contributed by atoms with Crippen LogP contribution in [0.2, 0.25) is 0 Å². The Morgan fingerprint density at radius 3 is 2.93 bits per heavy atom. The van der Waals surface area contributed by atoms with Crippen molar-refractivity contribution in [1.82, 2.24) is 25.6 Å². The molecule has 0 bridgehead atoms. The van der Waals surface area contributed by atoms with Gasteiger partial charge in [0, 0.05) is 12.6 Å². The summed E-state index contributed by atoms with van der Waals surface area (Å²) in [4.78, 5) is 23.7. The maximum atomic E-state index is 12.2. The van der Waals surface area contributed by atoms with Gasteiger partial charge >= 0.3 is 7.12 Å². The van der Waals surface area contributed by atoms with Crippen LogP contribution < -0.4 is 15.3 Å². The van der Waals surface area contributed by atoms with Crippen LogP contribution in [0.4, 0.5) is 0 Å². The fraction of sp³-hybridized carbons (Fsp3) is 0.333. The van der Waals surface area contributed by atoms with Gasteiger partial charge in [-0.3, -0.25) is 9.59 Å². The molecule has 5 N–H and O–H groups in total. The summed E-state index contributed by atoms with van der Waals surface area (Å²) >= 11 is 0. The Morgan fingerprint density at radius 2 is 2.22 bits per heavy atom. The molecule has 1 aliphatic heterocycles. The van der Waals surface area contributed by atoms with Gasteiger partial charge in [0.1, 0.15) is 12.3 Å². The standard InChI is InChI=1S/C15H18BN5O6/c1-17-14(23)10-6-21(20-19-10)7-12(22)18-11-5-8-3-2-4-9(15(24)25)13(8)27-16(11)26/h2-4,6,11,15,24-26H,5,7H2,1H3,(H,17,23)(H,18,22)/t11-/m0/s1. The number of aliphatic hydroxyl groups excluding tert-OH is 1. The molecule has 27 heavy (non-hydrogen) atoms. The Bertz CT molecular complexity index is 857. The molecule has 0 saturated heterocycles. The SMILES string of the molecule is CNC(=O)c1cn(CC(=O)N[C@H]2Cc3cccc(C(O)O)c3OB2O)nn1. The van der Waals surface area contributed by atoms with E-state index in [0.717, 1.165) is 0 Å². The number of nitrogens with zero attached hydrogens (tertiary/aromatic N) is 3. The smallest absolute Gasteiger partial charge is 0.534 e. The van der Waals surface area contributed by atoms with Gasteiger partial charge in [-0.15, -0.1) is 5.10 Å². The van der Waals surface area contributed by atoms with Crippen LogP contribution >= 0.6 is 0 Å². The van der Waals surface area contributed by atoms with Crippen molar-refractivity contribution in [2.45, 2.75) is 25.2 Å². The minimum Gasteiger partial charge on any atom is -0.534 e. The normalized spacial score (nSPS) is 15.9. The van der Waals surface area contributed by atoms with E-state index in [9.17, 15) is 24.8 Å². The van der Waals surface area contributed by atoms with Crippen molar-refractivity contribution >= 4 is 18.9 Å². The van der Waals surface area contributed by atoms with E-state index < -0.39 is 31.2 Å². The number of aromatic nitrogens is 3. The van der Waals surface area contributed by atoms with E-state index in [-0.39, 0.29) is 30.0 Å². The first-order valence-corrected chi connectivity index (χ1v) is 8.13. The van der Waals surface area contributed by atoms with Gasteiger partial charge in [-0.2, -0.15) is 0 Å². The first-order chi connectivity index (χ1) is 12.9. The van der Waals surface area contributed by atoms with Crippen molar-refractivity contribution < 1.29 is 29.5 Å². The lowest BCUT2D eigenvalue weighted by atomic mass is 9.72. The third-order valence-electron chi connectivity index (χ3n) is 4.08. The molecule has 2 amide bonds. The Hall–Kier alpha value is -2.96. The van der Waals surface area contributed by atoms with Gasteiger partial charge in [0.05, 0.1) is 12.1 Å². The number of rotatable bonds is 5. The largest absolute Gasteiger partial charge is 0.547 e. The average Bonchev–Trinajstić information content (AvgIpc) is 3.09. The zero-order valence-electron chi connectivity index (χ0n) is 14.4. The number of carbonyl (C=O) groups is 2. The molecule has 0 unspecified atom stereocenters. The van der Waals surface area contributed by atoms with Gasteiger partial charge in [-0.1, -0.05) is 23.4 Å². The quantitative estimate of drug-likeness (QED) is 0.290. The van der Waals surface area contributed by atoms with E-state index in [1.807, 2.05) is 0 Å². The highest BCUT2D eigenvalue weighted by Gasteiger charge is 2.37. The molecule has 11 nitrogen and oxygen atoms in total. The van der Waals surface area contributed by atoms with Crippen molar-refractivity contribution in [3.05, 3.63) is 41.2 Å². The summed E-state index contributed by atoms with van der Waals surface area (Å²) in [5.41, 5.74) is 0.842. The van der Waals surface area contributed by atoms with E-state index in [1.54, 1.807) is 12.1 Å². The van der Waals surface area contributed by atoms with Crippen molar-refractivity contribution in [3.63, 3.8) is 0 Å². The molecule has 2 heterocycles. The van der Waals surface area contributed by atoms with Gasteiger partial charge in [0.25, 0.3) is 5.91 Å². The summed E-state index contributed by atoms with van der Waals surface area (Å²) in [6.45, 7) is -0.199. The van der Waals surface area contributed by atoms with Gasteiger partial charge in [-0.25, -0.2) is 4.68 Å². The maximum Gasteiger partial charge on any atom is 0.547 e. The lowest BCUT2D eigenvalue weighted by molar-refractivity contribution is -0.122. The number of benzene rings is 1. The predicted octanol–water partition coefficient (Wildman–Crippen LogP) is -2.24. The second-order valence-corrected chi connectivity index (χ2v) is 5.98. The van der Waals surface area contributed by atoms with Crippen LogP contribution in [0.3, 0.4) is 0 Å². The third-order valence-corrected chi connectivity index (χ3v) is 4.08. The molecule has 0 spiro atoms. The van der Waals surface area contributed by atoms with E-state index >= 15 is 0 Å². The molecular weight excluding hydrogens is 357 g/mol. The lowest BCUT2D eigenvalue weighted by Crippen LogP contribution is -2.53. The lowest BCUT2D eigenvalue weighted by Gasteiger charge is -2.29. The fourth-order valence-corrected chi connectivity index (χ4v) is 2.78. The minimum absolute atomic E-state index is 0.0790. The van der Waals surface area contributed by atoms with Crippen LogP contribution in [0.15, 0.2) is 24.4 Å². The molecule has 0 aliphatic carbocycles. The summed E-state index contributed by atoms with van der Waals surface area (Å²) in [7, 11) is 0.0934. The Kier molecular flexibility index (Phi) is 5.39. The molecule has 0 fully saturated rings. The zero-order chi connectivity index (χ0) is 19.6. The van der Waals surface area contributed by atoms with Crippen LogP contribution in [0, 0.1) is 0 Å². The maximum absolute atomic E-state index is 12.2. The molecule has 1 aromatic carbocycles. The molecule has 2 aromatic rings. The number of nitrogens with one attached hydrogen (secondary N) is 2. The van der Waals surface area contributed by atoms with Crippen molar-refractivity contribution in [1.29, 1.82) is 0 Å².